The van der Waals surface area contributed by atoms with Crippen molar-refractivity contribution >= 4 is 31.8 Å². The predicted molar refractivity (Wildman–Crippen MR) is 259 cm³/mol. The van der Waals surface area contributed by atoms with E-state index in [1.54, 1.807) is 12.1 Å². The van der Waals surface area contributed by atoms with Gasteiger partial charge in [-0.15, -0.1) is 23.5 Å². The number of alkyl halides is 6. The van der Waals surface area contributed by atoms with Gasteiger partial charge < -0.3 is 19.7 Å². The summed E-state index contributed by atoms with van der Waals surface area (Å²) < 4.78 is 134. The molecule has 0 spiro atoms. The number of hydrogen-bond acceptors (Lipinski definition) is 7. The van der Waals surface area contributed by atoms with Gasteiger partial charge in [0.2, 0.25) is 0 Å². The van der Waals surface area contributed by atoms with Crippen LogP contribution in [0.15, 0.2) is 94.7 Å². The SMILES string of the molecule is O=[PH](OCCCNCc1ccc(SCCCCC2(c3ccc(F)cc3)CCCC2)c(C(F)(F)F)c1)OCCCNCc1ccc(SCCCCC2(c3ccc(F)cc3)CCCC2)c(C(F)(F)F)c1. The van der Waals surface area contributed by atoms with Crippen LogP contribution < -0.4 is 10.6 Å². The van der Waals surface area contributed by atoms with Gasteiger partial charge in [0.05, 0.1) is 24.3 Å². The number of nitrogens with one attached hydrogen (secondary N) is 2. The molecule has 2 aliphatic rings. The van der Waals surface area contributed by atoms with E-state index >= 15 is 0 Å². The fourth-order valence-corrected chi connectivity index (χ4v) is 12.7. The molecule has 0 aromatic heterocycles. The normalized spacial score (nSPS) is 16.0. The van der Waals surface area contributed by atoms with E-state index in [1.165, 1.54) is 72.1 Å². The Kier molecular flexibility index (Phi) is 21.2. The number of benzene rings is 4. The van der Waals surface area contributed by atoms with Crippen LogP contribution in [0.5, 0.6) is 0 Å². The Hall–Kier alpha value is -2.91. The van der Waals surface area contributed by atoms with E-state index in [2.05, 4.69) is 10.6 Å². The first-order valence-corrected chi connectivity index (χ1v) is 27.2. The zero-order chi connectivity index (χ0) is 48.5. The van der Waals surface area contributed by atoms with Gasteiger partial charge in [-0.2, -0.15) is 26.3 Å². The molecule has 0 amide bonds. The molecule has 0 unspecified atom stereocenters. The molecular weight excluding hydrogens is 948 g/mol. The summed E-state index contributed by atoms with van der Waals surface area (Å²) in [5.41, 5.74) is 2.06. The second kappa shape index (κ2) is 26.5. The minimum absolute atomic E-state index is 0.0231. The molecule has 374 valence electrons. The predicted octanol–water partition coefficient (Wildman–Crippen LogP) is 15.6. The summed E-state index contributed by atoms with van der Waals surface area (Å²) in [5, 5.41) is 6.23. The van der Waals surface area contributed by atoms with Crippen molar-refractivity contribution in [1.82, 2.24) is 10.6 Å². The van der Waals surface area contributed by atoms with Crippen LogP contribution >= 0.6 is 31.8 Å². The Labute approximate surface area is 406 Å². The first-order chi connectivity index (χ1) is 32.7. The summed E-state index contributed by atoms with van der Waals surface area (Å²) in [6.45, 7) is 1.55. The highest BCUT2D eigenvalue weighted by Crippen LogP contribution is 2.47. The van der Waals surface area contributed by atoms with Crippen molar-refractivity contribution in [2.24, 2.45) is 0 Å². The lowest BCUT2D eigenvalue weighted by atomic mass is 9.75. The summed E-state index contributed by atoms with van der Waals surface area (Å²) in [6.07, 6.45) is 5.86. The van der Waals surface area contributed by atoms with E-state index in [0.717, 1.165) is 101 Å². The lowest BCUT2D eigenvalue weighted by Crippen LogP contribution is -2.22. The summed E-state index contributed by atoms with van der Waals surface area (Å²) in [6, 6.07) is 22.4. The fraction of sp³-hybridized carbons (Fsp3) is 0.538. The largest absolute Gasteiger partial charge is 0.417 e. The third-order valence-corrected chi connectivity index (χ3v) is 16.6. The van der Waals surface area contributed by atoms with E-state index in [1.807, 2.05) is 24.3 Å². The van der Waals surface area contributed by atoms with Crippen LogP contribution in [0.1, 0.15) is 136 Å². The van der Waals surface area contributed by atoms with Crippen LogP contribution in [0.4, 0.5) is 35.1 Å². The number of halogens is 8. The molecule has 5 nitrogen and oxygen atoms in total. The highest BCUT2D eigenvalue weighted by Gasteiger charge is 2.37. The zero-order valence-electron chi connectivity index (χ0n) is 38.6. The standard InChI is InChI=1S/C52H65F8N2O3PS2/c53-43-17-13-41(14-18-43)49(23-1-2-24-49)27-5-7-33-67-47-21-11-39(35-45(47)51(55,56)57)37-61-29-9-31-64-66(63)65-32-10-30-62-38-40-12-22-48(46(36-40)52(58,59)60)68-34-8-6-28-50(25-3-4-26-50)42-15-19-44(54)20-16-42/h11-22,35-36,61-62,66H,1-10,23-34,37-38H2. The molecule has 0 aliphatic heterocycles. The Morgan fingerprint density at radius 2 is 0.912 bits per heavy atom. The van der Waals surface area contributed by atoms with Crippen molar-refractivity contribution in [3.8, 4) is 0 Å². The van der Waals surface area contributed by atoms with Crippen molar-refractivity contribution in [2.45, 2.75) is 149 Å². The molecule has 0 heterocycles. The van der Waals surface area contributed by atoms with Gasteiger partial charge in [0, 0.05) is 22.9 Å². The maximum absolute atomic E-state index is 14.1. The van der Waals surface area contributed by atoms with Crippen LogP contribution in [0.25, 0.3) is 0 Å². The summed E-state index contributed by atoms with van der Waals surface area (Å²) >= 11 is 2.45. The molecule has 2 N–H and O–H groups in total. The maximum atomic E-state index is 14.1. The Morgan fingerprint density at radius 3 is 1.28 bits per heavy atom. The summed E-state index contributed by atoms with van der Waals surface area (Å²) in [5.74, 6) is 0.626. The molecule has 0 bridgehead atoms. The van der Waals surface area contributed by atoms with Gasteiger partial charge in [0.1, 0.15) is 11.6 Å². The van der Waals surface area contributed by atoms with Crippen molar-refractivity contribution in [1.29, 1.82) is 0 Å². The molecule has 0 atom stereocenters. The molecule has 0 saturated heterocycles. The van der Waals surface area contributed by atoms with Crippen LogP contribution in [0.2, 0.25) is 0 Å². The molecule has 2 saturated carbocycles. The second-order valence-corrected chi connectivity index (χ2v) is 21.6. The molecule has 4 aromatic carbocycles. The van der Waals surface area contributed by atoms with Gasteiger partial charge in [-0.3, -0.25) is 4.57 Å². The average Bonchev–Trinajstić information content (AvgIpc) is 4.00. The minimum Gasteiger partial charge on any atom is -0.313 e. The van der Waals surface area contributed by atoms with Crippen LogP contribution in [-0.4, -0.2) is 37.8 Å². The average molecular weight is 1010 g/mol. The topological polar surface area (TPSA) is 59.6 Å². The van der Waals surface area contributed by atoms with Gasteiger partial charge in [0.15, 0.2) is 0 Å². The van der Waals surface area contributed by atoms with Gasteiger partial charge in [-0.25, -0.2) is 8.78 Å². The van der Waals surface area contributed by atoms with E-state index < -0.39 is 31.7 Å². The number of hydrogen-bond donors (Lipinski definition) is 2. The van der Waals surface area contributed by atoms with E-state index in [0.29, 0.717) is 48.6 Å². The van der Waals surface area contributed by atoms with Crippen molar-refractivity contribution in [3.05, 3.63) is 130 Å². The summed E-state index contributed by atoms with van der Waals surface area (Å²) in [7, 11) is -2.77. The van der Waals surface area contributed by atoms with Crippen LogP contribution in [-0.2, 0) is 49.9 Å². The first kappa shape index (κ1) is 54.4. The molecule has 0 radical (unpaired) electrons. The fourth-order valence-electron chi connectivity index (χ4n) is 9.85. The number of unbranched alkanes of at least 4 members (excludes halogenated alkanes) is 2. The molecular formula is C52H65F8N2O3PS2. The lowest BCUT2D eigenvalue weighted by Gasteiger charge is -2.30. The molecule has 2 aliphatic carbocycles. The van der Waals surface area contributed by atoms with Gasteiger partial charge in [0.25, 0.3) is 0 Å². The first-order valence-electron chi connectivity index (χ1n) is 24.0. The van der Waals surface area contributed by atoms with Gasteiger partial charge in [-0.05, 0) is 170 Å². The number of thioether (sulfide) groups is 2. The van der Waals surface area contributed by atoms with Crippen molar-refractivity contribution < 1.29 is 48.7 Å². The quantitative estimate of drug-likeness (QED) is 0.0254. The van der Waals surface area contributed by atoms with Crippen molar-refractivity contribution in [2.75, 3.05) is 37.8 Å². The third kappa shape index (κ3) is 16.6. The minimum atomic E-state index is -4.49. The molecule has 6 rings (SSSR count). The van der Waals surface area contributed by atoms with E-state index in [-0.39, 0.29) is 58.6 Å². The summed E-state index contributed by atoms with van der Waals surface area (Å²) in [4.78, 5) is 0.417. The van der Waals surface area contributed by atoms with Gasteiger partial charge in [-0.1, -0.05) is 74.9 Å². The zero-order valence-corrected chi connectivity index (χ0v) is 41.3. The van der Waals surface area contributed by atoms with E-state index in [9.17, 15) is 39.7 Å². The molecule has 68 heavy (non-hydrogen) atoms. The van der Waals surface area contributed by atoms with Crippen LogP contribution in [0, 0.1) is 11.6 Å². The monoisotopic (exact) mass is 1010 g/mol. The van der Waals surface area contributed by atoms with Crippen LogP contribution in [0.3, 0.4) is 0 Å². The highest BCUT2D eigenvalue weighted by molar-refractivity contribution is 7.99. The second-order valence-electron chi connectivity index (χ2n) is 18.3. The molecule has 16 heteroatoms. The Balaban J connectivity index is 0.812. The van der Waals surface area contributed by atoms with Gasteiger partial charge >= 0.3 is 20.6 Å². The Bertz CT molecular complexity index is 2010. The maximum Gasteiger partial charge on any atom is 0.417 e. The molecule has 2 fully saturated rings. The Morgan fingerprint density at radius 1 is 0.529 bits per heavy atom. The lowest BCUT2D eigenvalue weighted by molar-refractivity contribution is -0.140. The highest BCUT2D eigenvalue weighted by atomic mass is 32.2. The third-order valence-electron chi connectivity index (χ3n) is 13.4. The number of rotatable bonds is 28. The smallest absolute Gasteiger partial charge is 0.313 e. The van der Waals surface area contributed by atoms with Crippen molar-refractivity contribution in [3.63, 3.8) is 0 Å². The van der Waals surface area contributed by atoms with E-state index in [4.69, 9.17) is 9.05 Å². The molecule has 4 aromatic rings.